The number of amides is 1. The largest absolute Gasteiger partial charge is 0.359 e. The molecule has 1 amide bonds. The molecule has 0 aromatic heterocycles. The molecule has 1 aromatic carbocycles. The van der Waals surface area contributed by atoms with E-state index in [1.807, 2.05) is 18.2 Å². The first-order valence-corrected chi connectivity index (χ1v) is 8.57. The molecular weight excluding hydrogens is 306 g/mol. The van der Waals surface area contributed by atoms with E-state index in [0.29, 0.717) is 13.0 Å². The normalized spacial score (nSPS) is 15.0. The third kappa shape index (κ3) is 6.02. The number of nitrogens with zero attached hydrogens (tertiary/aromatic N) is 1. The lowest BCUT2D eigenvalue weighted by Gasteiger charge is -2.34. The number of benzene rings is 1. The van der Waals surface area contributed by atoms with E-state index in [2.05, 4.69) is 34.2 Å². The summed E-state index contributed by atoms with van der Waals surface area (Å²) in [7, 11) is 0. The molecule has 1 saturated heterocycles. The fourth-order valence-electron chi connectivity index (χ4n) is 2.70. The van der Waals surface area contributed by atoms with Crippen LogP contribution in [0.4, 0.5) is 0 Å². The average molecular weight is 331 g/mol. The van der Waals surface area contributed by atoms with Crippen LogP contribution in [-0.2, 0) is 11.2 Å². The molecule has 1 aromatic rings. The van der Waals surface area contributed by atoms with Gasteiger partial charge in [-0.1, -0.05) is 36.4 Å². The van der Waals surface area contributed by atoms with Crippen LogP contribution in [0, 0.1) is 0 Å². The average Bonchev–Trinajstić information content (AvgIpc) is 2.59. The van der Waals surface area contributed by atoms with Crippen molar-refractivity contribution >= 4 is 23.2 Å². The van der Waals surface area contributed by atoms with E-state index in [1.165, 1.54) is 5.56 Å². The lowest BCUT2D eigenvalue weighted by Crippen LogP contribution is -2.49. The van der Waals surface area contributed by atoms with Gasteiger partial charge < -0.3 is 15.5 Å². The molecule has 0 aliphatic carbocycles. The zero-order valence-corrected chi connectivity index (χ0v) is 14.3. The Morgan fingerprint density at radius 3 is 2.65 bits per heavy atom. The van der Waals surface area contributed by atoms with Gasteiger partial charge in [-0.15, -0.1) is 6.58 Å². The lowest BCUT2D eigenvalue weighted by molar-refractivity contribution is -0.122. The SMILES string of the molecule is C=CCNC(=S)N1CCC(NC(=O)CCc2ccccc2)CC1. The Bertz CT molecular complexity index is 524. The molecule has 0 saturated carbocycles. The first-order chi connectivity index (χ1) is 11.2. The van der Waals surface area contributed by atoms with E-state index in [9.17, 15) is 4.79 Å². The zero-order chi connectivity index (χ0) is 16.5. The van der Waals surface area contributed by atoms with Crippen molar-refractivity contribution in [1.29, 1.82) is 0 Å². The molecule has 4 nitrogen and oxygen atoms in total. The van der Waals surface area contributed by atoms with Gasteiger partial charge in [-0.25, -0.2) is 0 Å². The maximum absolute atomic E-state index is 12.1. The number of hydrogen-bond donors (Lipinski definition) is 2. The minimum atomic E-state index is 0.139. The summed E-state index contributed by atoms with van der Waals surface area (Å²) in [4.78, 5) is 14.2. The maximum atomic E-state index is 12.1. The molecule has 1 heterocycles. The van der Waals surface area contributed by atoms with Crippen LogP contribution in [0.1, 0.15) is 24.8 Å². The van der Waals surface area contributed by atoms with Gasteiger partial charge in [0.05, 0.1) is 0 Å². The van der Waals surface area contributed by atoms with Gasteiger partial charge in [-0.3, -0.25) is 4.79 Å². The predicted molar refractivity (Wildman–Crippen MR) is 98.3 cm³/mol. The Labute approximate surface area is 143 Å². The van der Waals surface area contributed by atoms with Gasteiger partial charge in [0.2, 0.25) is 5.91 Å². The van der Waals surface area contributed by atoms with Crippen LogP contribution >= 0.6 is 12.2 Å². The Morgan fingerprint density at radius 2 is 2.00 bits per heavy atom. The number of aryl methyl sites for hydroxylation is 1. The van der Waals surface area contributed by atoms with Crippen molar-refractivity contribution in [2.45, 2.75) is 31.7 Å². The summed E-state index contributed by atoms with van der Waals surface area (Å²) in [5.74, 6) is 0.139. The highest BCUT2D eigenvalue weighted by Crippen LogP contribution is 2.11. The van der Waals surface area contributed by atoms with Crippen molar-refractivity contribution in [2.75, 3.05) is 19.6 Å². The van der Waals surface area contributed by atoms with Crippen LogP contribution in [0.3, 0.4) is 0 Å². The number of likely N-dealkylation sites (tertiary alicyclic amines) is 1. The number of hydrogen-bond acceptors (Lipinski definition) is 2. The summed E-state index contributed by atoms with van der Waals surface area (Å²) in [6.07, 6.45) is 5.01. The number of carbonyl (C=O) groups excluding carboxylic acids is 1. The molecular formula is C18H25N3OS. The van der Waals surface area contributed by atoms with Gasteiger partial charge in [-0.2, -0.15) is 0 Å². The van der Waals surface area contributed by atoms with Crippen molar-refractivity contribution in [1.82, 2.24) is 15.5 Å². The van der Waals surface area contributed by atoms with Gasteiger partial charge in [-0.05, 0) is 37.0 Å². The Balaban J connectivity index is 1.66. The van der Waals surface area contributed by atoms with E-state index in [4.69, 9.17) is 12.2 Å². The van der Waals surface area contributed by atoms with Crippen molar-refractivity contribution in [3.05, 3.63) is 48.6 Å². The number of piperidine rings is 1. The second-order valence-corrected chi connectivity index (χ2v) is 6.18. The number of thiocarbonyl (C=S) groups is 1. The van der Waals surface area contributed by atoms with Crippen LogP contribution in [0.2, 0.25) is 0 Å². The molecule has 23 heavy (non-hydrogen) atoms. The topological polar surface area (TPSA) is 44.4 Å². The van der Waals surface area contributed by atoms with Crippen molar-refractivity contribution in [3.8, 4) is 0 Å². The summed E-state index contributed by atoms with van der Waals surface area (Å²) < 4.78 is 0. The molecule has 0 spiro atoms. The fraction of sp³-hybridized carbons (Fsp3) is 0.444. The van der Waals surface area contributed by atoms with Crippen LogP contribution in [-0.4, -0.2) is 41.6 Å². The van der Waals surface area contributed by atoms with Crippen LogP contribution in [0.15, 0.2) is 43.0 Å². The number of nitrogens with one attached hydrogen (secondary N) is 2. The highest BCUT2D eigenvalue weighted by atomic mass is 32.1. The predicted octanol–water partition coefficient (Wildman–Crippen LogP) is 2.26. The molecule has 1 fully saturated rings. The molecule has 2 rings (SSSR count). The molecule has 0 bridgehead atoms. The number of rotatable bonds is 6. The fourth-order valence-corrected chi connectivity index (χ4v) is 2.97. The Morgan fingerprint density at radius 1 is 1.30 bits per heavy atom. The summed E-state index contributed by atoms with van der Waals surface area (Å²) in [6.45, 7) is 6.13. The molecule has 0 atom stereocenters. The summed E-state index contributed by atoms with van der Waals surface area (Å²) >= 11 is 5.34. The molecule has 2 N–H and O–H groups in total. The minimum absolute atomic E-state index is 0.139. The van der Waals surface area contributed by atoms with Crippen molar-refractivity contribution in [2.24, 2.45) is 0 Å². The number of carbonyl (C=O) groups is 1. The van der Waals surface area contributed by atoms with Crippen molar-refractivity contribution in [3.63, 3.8) is 0 Å². The molecule has 5 heteroatoms. The molecule has 0 radical (unpaired) electrons. The van der Waals surface area contributed by atoms with Crippen LogP contribution in [0.25, 0.3) is 0 Å². The first kappa shape index (κ1) is 17.5. The molecule has 0 unspecified atom stereocenters. The zero-order valence-electron chi connectivity index (χ0n) is 13.5. The highest BCUT2D eigenvalue weighted by molar-refractivity contribution is 7.80. The molecule has 124 valence electrons. The van der Waals surface area contributed by atoms with E-state index in [-0.39, 0.29) is 11.9 Å². The minimum Gasteiger partial charge on any atom is -0.359 e. The standard InChI is InChI=1S/C18H25N3OS/c1-2-12-19-18(23)21-13-10-16(11-14-21)20-17(22)9-8-15-6-4-3-5-7-15/h2-7,16H,1,8-14H2,(H,19,23)(H,20,22). The smallest absolute Gasteiger partial charge is 0.220 e. The van der Waals surface area contributed by atoms with E-state index in [0.717, 1.165) is 37.5 Å². The van der Waals surface area contributed by atoms with Crippen LogP contribution < -0.4 is 10.6 Å². The second-order valence-electron chi connectivity index (χ2n) is 5.79. The lowest BCUT2D eigenvalue weighted by atomic mass is 10.0. The summed E-state index contributed by atoms with van der Waals surface area (Å²) in [5.41, 5.74) is 1.20. The second kappa shape index (κ2) is 9.30. The van der Waals surface area contributed by atoms with Gasteiger partial charge in [0.25, 0.3) is 0 Å². The third-order valence-corrected chi connectivity index (χ3v) is 4.43. The quantitative estimate of drug-likeness (QED) is 0.620. The maximum Gasteiger partial charge on any atom is 0.220 e. The van der Waals surface area contributed by atoms with E-state index < -0.39 is 0 Å². The van der Waals surface area contributed by atoms with Gasteiger partial charge >= 0.3 is 0 Å². The molecule has 1 aliphatic heterocycles. The highest BCUT2D eigenvalue weighted by Gasteiger charge is 2.21. The monoisotopic (exact) mass is 331 g/mol. The van der Waals surface area contributed by atoms with Gasteiger partial charge in [0.15, 0.2) is 5.11 Å². The van der Waals surface area contributed by atoms with Crippen LogP contribution in [0.5, 0.6) is 0 Å². The van der Waals surface area contributed by atoms with E-state index in [1.54, 1.807) is 6.08 Å². The Kier molecular flexibility index (Phi) is 7.07. The van der Waals surface area contributed by atoms with Gasteiger partial charge in [0.1, 0.15) is 0 Å². The molecule has 1 aliphatic rings. The first-order valence-electron chi connectivity index (χ1n) is 8.16. The van der Waals surface area contributed by atoms with E-state index >= 15 is 0 Å². The summed E-state index contributed by atoms with van der Waals surface area (Å²) in [5, 5.41) is 7.07. The third-order valence-electron chi connectivity index (χ3n) is 4.03. The Hall–Kier alpha value is -1.88. The van der Waals surface area contributed by atoms with Gasteiger partial charge in [0, 0.05) is 32.1 Å². The van der Waals surface area contributed by atoms with Crippen molar-refractivity contribution < 1.29 is 4.79 Å². The summed E-state index contributed by atoms with van der Waals surface area (Å²) in [6, 6.07) is 10.4.